The van der Waals surface area contributed by atoms with Crippen LogP contribution in [0.3, 0.4) is 0 Å². The molecule has 0 aliphatic heterocycles. The van der Waals surface area contributed by atoms with Gasteiger partial charge in [0.25, 0.3) is 5.95 Å². The third-order valence-electron chi connectivity index (χ3n) is 8.29. The molecule has 1 aliphatic rings. The quantitative estimate of drug-likeness (QED) is 0.197. The summed E-state index contributed by atoms with van der Waals surface area (Å²) in [6, 6.07) is 4.82. The number of anilines is 2. The molecule has 0 atom stereocenters. The first-order valence-corrected chi connectivity index (χ1v) is 15.4. The summed E-state index contributed by atoms with van der Waals surface area (Å²) in [5, 5.41) is 11.7. The first-order chi connectivity index (χ1) is 22.7. The van der Waals surface area contributed by atoms with Gasteiger partial charge in [-0.25, -0.2) is 0 Å². The van der Waals surface area contributed by atoms with Crippen molar-refractivity contribution in [2.75, 3.05) is 37.0 Å². The Morgan fingerprint density at radius 3 is 1.98 bits per heavy atom. The molecule has 1 fully saturated rings. The maximum absolute atomic E-state index is 13.6. The number of tetrazole rings is 1. The van der Waals surface area contributed by atoms with E-state index < -0.39 is 47.7 Å². The van der Waals surface area contributed by atoms with E-state index in [0.29, 0.717) is 43.8 Å². The van der Waals surface area contributed by atoms with Gasteiger partial charge in [0.2, 0.25) is 5.91 Å². The minimum absolute atomic E-state index is 0.00741. The Balaban J connectivity index is 1.71. The number of rotatable bonds is 11. The highest BCUT2D eigenvalue weighted by atomic mass is 19.4. The predicted molar refractivity (Wildman–Crippen MR) is 160 cm³/mol. The Hall–Kier alpha value is -4.25. The van der Waals surface area contributed by atoms with Crippen molar-refractivity contribution in [1.82, 2.24) is 25.1 Å². The van der Waals surface area contributed by atoms with Crippen LogP contribution in [0.5, 0.6) is 5.75 Å². The van der Waals surface area contributed by atoms with Crippen LogP contribution in [-0.4, -0.2) is 64.6 Å². The van der Waals surface area contributed by atoms with E-state index in [-0.39, 0.29) is 41.9 Å². The SMILES string of the molecule is CCN(C[C@H]1CC[C@H](C(=O)N(C)C)CC1)c1ccc(OC(F)(F)F)cc1CN(Cc1cc(C(F)(F)F)cc(C(F)(F)F)c1)c1nnn(C)n1. The lowest BCUT2D eigenvalue weighted by Gasteiger charge is -2.35. The number of amides is 1. The molecule has 0 bridgehead atoms. The first-order valence-electron chi connectivity index (χ1n) is 15.4. The number of aryl methyl sites for hydroxylation is 1. The lowest BCUT2D eigenvalue weighted by Crippen LogP contribution is -2.36. The van der Waals surface area contributed by atoms with E-state index in [0.717, 1.165) is 29.8 Å². The molecule has 1 aliphatic carbocycles. The van der Waals surface area contributed by atoms with Crippen molar-refractivity contribution in [3.05, 3.63) is 58.7 Å². The van der Waals surface area contributed by atoms with Gasteiger partial charge in [-0.2, -0.15) is 31.1 Å². The van der Waals surface area contributed by atoms with Crippen LogP contribution in [0.25, 0.3) is 0 Å². The summed E-state index contributed by atoms with van der Waals surface area (Å²) >= 11 is 0. The molecule has 49 heavy (non-hydrogen) atoms. The van der Waals surface area contributed by atoms with Crippen molar-refractivity contribution in [3.63, 3.8) is 0 Å². The van der Waals surface area contributed by atoms with Gasteiger partial charge in [-0.05, 0) is 91.3 Å². The topological polar surface area (TPSA) is 79.6 Å². The number of carbonyl (C=O) groups is 1. The fraction of sp³-hybridized carbons (Fsp3) is 0.548. The maximum Gasteiger partial charge on any atom is 0.573 e. The molecule has 0 unspecified atom stereocenters. The molecule has 0 spiro atoms. The van der Waals surface area contributed by atoms with Crippen molar-refractivity contribution in [2.24, 2.45) is 18.9 Å². The normalized spacial score (nSPS) is 17.2. The van der Waals surface area contributed by atoms with Crippen LogP contribution in [0.1, 0.15) is 54.9 Å². The van der Waals surface area contributed by atoms with Gasteiger partial charge in [-0.15, -0.1) is 18.3 Å². The fourth-order valence-electron chi connectivity index (χ4n) is 6.00. The monoisotopic (exact) mass is 709 g/mol. The Morgan fingerprint density at radius 1 is 0.878 bits per heavy atom. The van der Waals surface area contributed by atoms with Crippen molar-refractivity contribution in [1.29, 1.82) is 0 Å². The largest absolute Gasteiger partial charge is 0.573 e. The van der Waals surface area contributed by atoms with Gasteiger partial charge in [-0.3, -0.25) is 4.79 Å². The molecule has 1 amide bonds. The minimum Gasteiger partial charge on any atom is -0.406 e. The van der Waals surface area contributed by atoms with Gasteiger partial charge < -0.3 is 19.4 Å². The zero-order chi connectivity index (χ0) is 36.3. The van der Waals surface area contributed by atoms with Crippen molar-refractivity contribution in [2.45, 2.75) is 64.4 Å². The van der Waals surface area contributed by atoms with Crippen molar-refractivity contribution >= 4 is 17.5 Å². The second-order valence-electron chi connectivity index (χ2n) is 12.2. The van der Waals surface area contributed by atoms with E-state index in [1.807, 2.05) is 11.8 Å². The molecule has 270 valence electrons. The second kappa shape index (κ2) is 14.7. The highest BCUT2D eigenvalue weighted by molar-refractivity contribution is 5.78. The van der Waals surface area contributed by atoms with Gasteiger partial charge in [0.1, 0.15) is 5.75 Å². The van der Waals surface area contributed by atoms with Gasteiger partial charge in [0, 0.05) is 51.9 Å². The standard InChI is InChI=1S/C31H36F9N7O2/c1-5-46(16-19-6-8-21(9-7-19)27(48)44(2)3)26-11-10-25(49-31(38,39)40)14-22(26)18-47(28-41-43-45(4)42-28)17-20-12-23(29(32,33)34)15-24(13-20)30(35,36)37/h10-15,19,21H,5-9,16-18H2,1-4H3/t19-,21-. The molecule has 1 saturated carbocycles. The van der Waals surface area contributed by atoms with Crippen LogP contribution in [-0.2, 0) is 37.3 Å². The molecular formula is C31H36F9N7O2. The Labute approximate surface area is 276 Å². The number of aromatic nitrogens is 4. The summed E-state index contributed by atoms with van der Waals surface area (Å²) in [6.45, 7) is 1.81. The van der Waals surface area contributed by atoms with Gasteiger partial charge >= 0.3 is 18.7 Å². The van der Waals surface area contributed by atoms with Crippen LogP contribution >= 0.6 is 0 Å². The number of ether oxygens (including phenoxy) is 1. The van der Waals surface area contributed by atoms with Crippen LogP contribution in [0.15, 0.2) is 36.4 Å². The van der Waals surface area contributed by atoms with Gasteiger partial charge in [0.05, 0.1) is 18.2 Å². The third kappa shape index (κ3) is 10.1. The number of alkyl halides is 9. The highest BCUT2D eigenvalue weighted by Gasteiger charge is 2.37. The minimum atomic E-state index is -5.09. The van der Waals surface area contributed by atoms with E-state index in [1.54, 1.807) is 19.0 Å². The van der Waals surface area contributed by atoms with Crippen LogP contribution in [0, 0.1) is 11.8 Å². The molecule has 0 radical (unpaired) electrons. The highest BCUT2D eigenvalue weighted by Crippen LogP contribution is 2.38. The Kier molecular flexibility index (Phi) is 11.3. The fourth-order valence-corrected chi connectivity index (χ4v) is 6.00. The number of hydrogen-bond donors (Lipinski definition) is 0. The van der Waals surface area contributed by atoms with E-state index in [2.05, 4.69) is 20.1 Å². The van der Waals surface area contributed by atoms with Crippen LogP contribution in [0.4, 0.5) is 51.1 Å². The maximum atomic E-state index is 13.6. The Morgan fingerprint density at radius 2 is 1.49 bits per heavy atom. The molecule has 3 aromatic rings. The zero-order valence-electron chi connectivity index (χ0n) is 27.1. The number of hydrogen-bond acceptors (Lipinski definition) is 7. The average molecular weight is 710 g/mol. The van der Waals surface area contributed by atoms with E-state index >= 15 is 0 Å². The average Bonchev–Trinajstić information content (AvgIpc) is 3.44. The molecule has 9 nitrogen and oxygen atoms in total. The first kappa shape index (κ1) is 37.6. The second-order valence-corrected chi connectivity index (χ2v) is 12.2. The smallest absolute Gasteiger partial charge is 0.406 e. The predicted octanol–water partition coefficient (Wildman–Crippen LogP) is 7.07. The summed E-state index contributed by atoms with van der Waals surface area (Å²) in [6.07, 6.45) is -12.4. The molecule has 0 saturated heterocycles. The van der Waals surface area contributed by atoms with Crippen molar-refractivity contribution in [3.8, 4) is 5.75 Å². The lowest BCUT2D eigenvalue weighted by molar-refractivity contribution is -0.274. The molecule has 18 heteroatoms. The van der Waals surface area contributed by atoms with Gasteiger partial charge in [0.15, 0.2) is 0 Å². The summed E-state index contributed by atoms with van der Waals surface area (Å²) in [7, 11) is 4.79. The number of halogens is 9. The zero-order valence-corrected chi connectivity index (χ0v) is 27.1. The Bertz CT molecular complexity index is 1550. The van der Waals surface area contributed by atoms with E-state index in [9.17, 15) is 44.3 Å². The number of carbonyl (C=O) groups excluding carboxylic acids is 1. The third-order valence-corrected chi connectivity index (χ3v) is 8.29. The molecule has 0 N–H and O–H groups in total. The van der Waals surface area contributed by atoms with E-state index in [4.69, 9.17) is 0 Å². The molecule has 1 heterocycles. The molecule has 4 rings (SSSR count). The summed E-state index contributed by atoms with van der Waals surface area (Å²) < 4.78 is 126. The molecule has 1 aromatic heterocycles. The molecular weight excluding hydrogens is 673 g/mol. The van der Waals surface area contributed by atoms with Gasteiger partial charge in [-0.1, -0.05) is 5.10 Å². The molecule has 2 aromatic carbocycles. The summed E-state index contributed by atoms with van der Waals surface area (Å²) in [5.41, 5.74) is -2.75. The van der Waals surface area contributed by atoms with E-state index in [1.165, 1.54) is 18.0 Å². The van der Waals surface area contributed by atoms with Crippen LogP contribution < -0.4 is 14.5 Å². The summed E-state index contributed by atoms with van der Waals surface area (Å²) in [5.74, 6) is -0.663. The number of benzene rings is 2. The number of nitrogens with zero attached hydrogens (tertiary/aromatic N) is 7. The lowest BCUT2D eigenvalue weighted by atomic mass is 9.81. The summed E-state index contributed by atoms with van der Waals surface area (Å²) in [4.78, 5) is 18.2. The van der Waals surface area contributed by atoms with Crippen LogP contribution in [0.2, 0.25) is 0 Å². The van der Waals surface area contributed by atoms with Crippen molar-refractivity contribution < 1.29 is 49.0 Å².